The molecule has 0 fully saturated rings. The van der Waals surface area contributed by atoms with Crippen molar-refractivity contribution in [2.24, 2.45) is 0 Å². The van der Waals surface area contributed by atoms with E-state index < -0.39 is 11.9 Å². The molecule has 0 saturated heterocycles. The van der Waals surface area contributed by atoms with E-state index in [0.29, 0.717) is 0 Å². The van der Waals surface area contributed by atoms with Crippen LogP contribution in [0, 0.1) is 0 Å². The molecule has 184 valence electrons. The first kappa shape index (κ1) is 27.5. The maximum atomic E-state index is 9.10. The molecule has 0 atom stereocenters. The van der Waals surface area contributed by atoms with E-state index >= 15 is 0 Å². The largest absolute Gasteiger partial charge is 0.473 e. The van der Waals surface area contributed by atoms with E-state index in [-0.39, 0.29) is 0 Å². The number of allylic oxidation sites excluding steroid dienone is 1. The first-order valence-corrected chi connectivity index (χ1v) is 11.8. The van der Waals surface area contributed by atoms with Crippen LogP contribution in [0.5, 0.6) is 0 Å². The zero-order chi connectivity index (χ0) is 25.3. The fourth-order valence-corrected chi connectivity index (χ4v) is 3.61. The highest BCUT2D eigenvalue weighted by atomic mass is 16.4. The van der Waals surface area contributed by atoms with Crippen LogP contribution in [0.1, 0.15) is 42.4 Å². The number of pyridine rings is 1. The fourth-order valence-electron chi connectivity index (χ4n) is 3.61. The highest BCUT2D eigenvalue weighted by Crippen LogP contribution is 2.24. The predicted octanol–water partition coefficient (Wildman–Crippen LogP) is 5.40. The highest BCUT2D eigenvalue weighted by Gasteiger charge is 2.05. The first-order chi connectivity index (χ1) is 17.0. The van der Waals surface area contributed by atoms with E-state index in [1.165, 1.54) is 41.5 Å². The van der Waals surface area contributed by atoms with E-state index in [1.807, 2.05) is 18.5 Å². The van der Waals surface area contributed by atoms with E-state index in [1.54, 1.807) is 0 Å². The van der Waals surface area contributed by atoms with Gasteiger partial charge in [-0.2, -0.15) is 0 Å². The van der Waals surface area contributed by atoms with Gasteiger partial charge in [-0.25, -0.2) is 9.59 Å². The number of carboxylic acids is 2. The van der Waals surface area contributed by atoms with Gasteiger partial charge in [0.05, 0.1) is 0 Å². The van der Waals surface area contributed by atoms with Crippen LogP contribution in [-0.2, 0) is 16.0 Å². The lowest BCUT2D eigenvalue weighted by atomic mass is 9.96. The lowest BCUT2D eigenvalue weighted by Gasteiger charge is -2.16. The summed E-state index contributed by atoms with van der Waals surface area (Å²) in [6.07, 6.45) is 12.1. The molecule has 0 radical (unpaired) electrons. The third kappa shape index (κ3) is 11.3. The van der Waals surface area contributed by atoms with E-state index in [0.717, 1.165) is 25.9 Å². The number of aliphatic carboxylic acids is 2. The van der Waals surface area contributed by atoms with Crippen molar-refractivity contribution in [2.75, 3.05) is 20.1 Å². The summed E-state index contributed by atoms with van der Waals surface area (Å²) in [6.45, 7) is 2.30. The number of hydrogen-bond donors (Lipinski definition) is 2. The summed E-state index contributed by atoms with van der Waals surface area (Å²) in [5, 5.41) is 14.8. The molecule has 6 nitrogen and oxygen atoms in total. The topological polar surface area (TPSA) is 90.7 Å². The standard InChI is InChI=1S/C27H32N2.C2H2O4/c1-29(21-10-8-13-24-14-12-20-28-23-24)22-11-9-19-27(25-15-4-2-5-16-25)26-17-6-3-7-18-26;3-1(4)2(5)6/h2-7,12,14-20,23H,8-11,13,21-22H2,1H3;(H,3,4)(H,5,6). The average molecular weight is 475 g/mol. The number of unbranched alkanes of at least 4 members (excludes halogenated alkanes) is 2. The molecule has 0 aliphatic heterocycles. The van der Waals surface area contributed by atoms with E-state index in [9.17, 15) is 0 Å². The molecule has 1 heterocycles. The molecule has 0 unspecified atom stereocenters. The van der Waals surface area contributed by atoms with Gasteiger partial charge in [0.15, 0.2) is 0 Å². The third-order valence-corrected chi connectivity index (χ3v) is 5.42. The van der Waals surface area contributed by atoms with Crippen LogP contribution in [0.2, 0.25) is 0 Å². The van der Waals surface area contributed by atoms with Crippen LogP contribution < -0.4 is 0 Å². The van der Waals surface area contributed by atoms with Gasteiger partial charge in [-0.3, -0.25) is 4.98 Å². The van der Waals surface area contributed by atoms with Crippen LogP contribution in [0.4, 0.5) is 0 Å². The second-order valence-corrected chi connectivity index (χ2v) is 8.22. The Kier molecular flexibility index (Phi) is 12.5. The van der Waals surface area contributed by atoms with Gasteiger partial charge < -0.3 is 15.1 Å². The molecule has 3 rings (SSSR count). The minimum absolute atomic E-state index is 1.10. The number of aryl methyl sites for hydroxylation is 1. The summed E-state index contributed by atoms with van der Waals surface area (Å²) >= 11 is 0. The van der Waals surface area contributed by atoms with Crippen molar-refractivity contribution in [3.63, 3.8) is 0 Å². The Labute approximate surface area is 207 Å². The van der Waals surface area contributed by atoms with Gasteiger partial charge in [0.1, 0.15) is 0 Å². The third-order valence-electron chi connectivity index (χ3n) is 5.42. The van der Waals surface area contributed by atoms with Crippen LogP contribution in [-0.4, -0.2) is 52.2 Å². The normalized spacial score (nSPS) is 10.2. The van der Waals surface area contributed by atoms with E-state index in [4.69, 9.17) is 19.8 Å². The van der Waals surface area contributed by atoms with Crippen molar-refractivity contribution in [3.05, 3.63) is 108 Å². The minimum atomic E-state index is -1.82. The predicted molar refractivity (Wildman–Crippen MR) is 139 cm³/mol. The van der Waals surface area contributed by atoms with Gasteiger partial charge in [0, 0.05) is 12.4 Å². The van der Waals surface area contributed by atoms with Crippen molar-refractivity contribution in [2.45, 2.75) is 32.1 Å². The van der Waals surface area contributed by atoms with Crippen molar-refractivity contribution in [3.8, 4) is 0 Å². The fraction of sp³-hybridized carbons (Fsp3) is 0.276. The number of carboxylic acid groups (broad SMARTS) is 2. The summed E-state index contributed by atoms with van der Waals surface area (Å²) in [6, 6.07) is 25.6. The van der Waals surface area contributed by atoms with Gasteiger partial charge in [-0.15, -0.1) is 0 Å². The Morgan fingerprint density at radius 1 is 0.800 bits per heavy atom. The first-order valence-electron chi connectivity index (χ1n) is 11.8. The van der Waals surface area contributed by atoms with Gasteiger partial charge >= 0.3 is 11.9 Å². The molecule has 0 spiro atoms. The van der Waals surface area contributed by atoms with Gasteiger partial charge in [-0.1, -0.05) is 72.8 Å². The zero-order valence-corrected chi connectivity index (χ0v) is 20.2. The van der Waals surface area contributed by atoms with Crippen LogP contribution in [0.15, 0.2) is 91.3 Å². The smallest absolute Gasteiger partial charge is 0.414 e. The molecule has 35 heavy (non-hydrogen) atoms. The Morgan fingerprint density at radius 2 is 1.37 bits per heavy atom. The quantitative estimate of drug-likeness (QED) is 0.285. The molecule has 2 aromatic carbocycles. The summed E-state index contributed by atoms with van der Waals surface area (Å²) in [5.41, 5.74) is 5.27. The number of hydrogen-bond acceptors (Lipinski definition) is 4. The molecule has 0 bridgehead atoms. The van der Waals surface area contributed by atoms with E-state index in [2.05, 4.69) is 89.7 Å². The molecule has 0 saturated carbocycles. The second kappa shape index (κ2) is 16.0. The van der Waals surface area contributed by atoms with Crippen molar-refractivity contribution >= 4 is 17.5 Å². The number of rotatable bonds is 11. The van der Waals surface area contributed by atoms with Gasteiger partial charge in [-0.05, 0) is 80.6 Å². The number of benzene rings is 2. The Bertz CT molecular complexity index is 985. The van der Waals surface area contributed by atoms with Crippen molar-refractivity contribution in [1.82, 2.24) is 9.88 Å². The van der Waals surface area contributed by atoms with Crippen LogP contribution in [0.25, 0.3) is 5.57 Å². The molecule has 2 N–H and O–H groups in total. The van der Waals surface area contributed by atoms with Crippen LogP contribution in [0.3, 0.4) is 0 Å². The molecular formula is C29H34N2O4. The number of aromatic nitrogens is 1. The molecule has 1 aromatic heterocycles. The van der Waals surface area contributed by atoms with Gasteiger partial charge in [0.2, 0.25) is 0 Å². The minimum Gasteiger partial charge on any atom is -0.473 e. The summed E-state index contributed by atoms with van der Waals surface area (Å²) in [4.78, 5) is 24.8. The monoisotopic (exact) mass is 474 g/mol. The summed E-state index contributed by atoms with van der Waals surface area (Å²) < 4.78 is 0. The lowest BCUT2D eigenvalue weighted by Crippen LogP contribution is -2.20. The molecule has 6 heteroatoms. The second-order valence-electron chi connectivity index (χ2n) is 8.22. The Balaban J connectivity index is 0.000000641. The lowest BCUT2D eigenvalue weighted by molar-refractivity contribution is -0.159. The average Bonchev–Trinajstić information content (AvgIpc) is 2.88. The van der Waals surface area contributed by atoms with Crippen molar-refractivity contribution < 1.29 is 19.8 Å². The SMILES string of the molecule is CN(CCCC=C(c1ccccc1)c1ccccc1)CCCCc1cccnc1.O=C(O)C(=O)O. The molecular weight excluding hydrogens is 440 g/mol. The maximum Gasteiger partial charge on any atom is 0.414 e. The highest BCUT2D eigenvalue weighted by molar-refractivity contribution is 6.27. The van der Waals surface area contributed by atoms with Crippen molar-refractivity contribution in [1.29, 1.82) is 0 Å². The maximum absolute atomic E-state index is 9.10. The molecule has 0 aliphatic carbocycles. The number of carbonyl (C=O) groups is 2. The zero-order valence-electron chi connectivity index (χ0n) is 20.2. The molecule has 0 amide bonds. The van der Waals surface area contributed by atoms with Crippen LogP contribution >= 0.6 is 0 Å². The number of nitrogens with zero attached hydrogens (tertiary/aromatic N) is 2. The summed E-state index contributed by atoms with van der Waals surface area (Å²) in [7, 11) is 2.24. The molecule has 3 aromatic rings. The molecule has 0 aliphatic rings. The summed E-state index contributed by atoms with van der Waals surface area (Å²) in [5.74, 6) is -3.65. The van der Waals surface area contributed by atoms with Gasteiger partial charge in [0.25, 0.3) is 0 Å². The Hall–Kier alpha value is -3.77. The Morgan fingerprint density at radius 3 is 1.89 bits per heavy atom.